The van der Waals surface area contributed by atoms with Gasteiger partial charge in [0.05, 0.1) is 12.7 Å². The molecule has 0 aromatic heterocycles. The third-order valence-corrected chi connectivity index (χ3v) is 4.74. The Balaban J connectivity index is 1.84. The number of alkyl halides is 3. The first-order valence-electron chi connectivity index (χ1n) is 9.07. The van der Waals surface area contributed by atoms with Crippen molar-refractivity contribution in [2.24, 2.45) is 0 Å². The summed E-state index contributed by atoms with van der Waals surface area (Å²) in [6, 6.07) is 10.0. The number of halogens is 3. The number of benzene rings is 2. The van der Waals surface area contributed by atoms with E-state index in [1.54, 1.807) is 24.3 Å². The third kappa shape index (κ3) is 4.54. The molecule has 1 aliphatic rings. The summed E-state index contributed by atoms with van der Waals surface area (Å²) in [5.41, 5.74) is -2.72. The largest absolute Gasteiger partial charge is 0.497 e. The Hall–Kier alpha value is -3.37. The molecule has 0 aliphatic carbocycles. The number of carbonyl (C=O) groups is 2. The molecule has 0 spiro atoms. The standard InChI is InChI=1S/C21H19F3N2O5/c1-3-18(27)26-20(29,13-4-6-14(7-5-13)21(22,23)24)12-17(31-26)19(28)25-15-8-10-16(30-2)11-9-15/h3-11,17,29H,1,12H2,2H3,(H,25,28)/t17-,20?/m1/s1. The second-order valence-electron chi connectivity index (χ2n) is 6.74. The van der Waals surface area contributed by atoms with Gasteiger partial charge in [0.1, 0.15) is 5.75 Å². The maximum absolute atomic E-state index is 12.8. The monoisotopic (exact) mass is 436 g/mol. The van der Waals surface area contributed by atoms with Crippen LogP contribution in [-0.2, 0) is 26.3 Å². The Morgan fingerprint density at radius 1 is 1.23 bits per heavy atom. The van der Waals surface area contributed by atoms with Crippen LogP contribution in [0.25, 0.3) is 0 Å². The van der Waals surface area contributed by atoms with Crippen LogP contribution in [0.2, 0.25) is 0 Å². The molecule has 1 aliphatic heterocycles. The number of hydrogen-bond donors (Lipinski definition) is 2. The molecule has 0 bridgehead atoms. The van der Waals surface area contributed by atoms with Gasteiger partial charge in [0.15, 0.2) is 11.8 Å². The maximum atomic E-state index is 12.8. The van der Waals surface area contributed by atoms with Crippen LogP contribution in [0.3, 0.4) is 0 Å². The zero-order valence-electron chi connectivity index (χ0n) is 16.3. The van der Waals surface area contributed by atoms with Gasteiger partial charge in [-0.25, -0.2) is 0 Å². The van der Waals surface area contributed by atoms with Gasteiger partial charge in [-0.05, 0) is 42.5 Å². The van der Waals surface area contributed by atoms with Crippen molar-refractivity contribution < 1.29 is 37.4 Å². The van der Waals surface area contributed by atoms with Crippen molar-refractivity contribution in [3.63, 3.8) is 0 Å². The summed E-state index contributed by atoms with van der Waals surface area (Å²) in [5.74, 6) is -0.938. The number of hydrogen-bond acceptors (Lipinski definition) is 5. The van der Waals surface area contributed by atoms with E-state index in [0.717, 1.165) is 30.3 Å². The molecule has 1 fully saturated rings. The normalized spacial score (nSPS) is 20.9. The van der Waals surface area contributed by atoms with Gasteiger partial charge in [-0.3, -0.25) is 14.4 Å². The number of rotatable bonds is 5. The first kappa shape index (κ1) is 22.3. The van der Waals surface area contributed by atoms with Crippen LogP contribution in [0.5, 0.6) is 5.75 Å². The zero-order valence-corrected chi connectivity index (χ0v) is 16.3. The Morgan fingerprint density at radius 2 is 1.84 bits per heavy atom. The third-order valence-electron chi connectivity index (χ3n) is 4.74. The van der Waals surface area contributed by atoms with Gasteiger partial charge in [0, 0.05) is 17.7 Å². The van der Waals surface area contributed by atoms with E-state index in [0.29, 0.717) is 16.5 Å². The minimum absolute atomic E-state index is 0.0459. The van der Waals surface area contributed by atoms with Gasteiger partial charge in [0.25, 0.3) is 11.8 Å². The summed E-state index contributed by atoms with van der Waals surface area (Å²) in [6.45, 7) is 3.32. The average Bonchev–Trinajstić information content (AvgIpc) is 3.12. The number of amides is 2. The van der Waals surface area contributed by atoms with Crippen LogP contribution in [0.1, 0.15) is 17.5 Å². The molecule has 1 saturated heterocycles. The van der Waals surface area contributed by atoms with Gasteiger partial charge in [0.2, 0.25) is 0 Å². The van der Waals surface area contributed by atoms with Crippen molar-refractivity contribution in [1.29, 1.82) is 0 Å². The van der Waals surface area contributed by atoms with E-state index in [1.165, 1.54) is 7.11 Å². The molecule has 0 radical (unpaired) electrons. The molecular weight excluding hydrogens is 417 g/mol. The molecule has 2 atom stereocenters. The van der Waals surface area contributed by atoms with E-state index in [9.17, 15) is 27.9 Å². The lowest BCUT2D eigenvalue weighted by Gasteiger charge is -2.30. The highest BCUT2D eigenvalue weighted by atomic mass is 19.4. The smallest absolute Gasteiger partial charge is 0.416 e. The Bertz CT molecular complexity index is 976. The van der Waals surface area contributed by atoms with Gasteiger partial charge in [-0.15, -0.1) is 0 Å². The van der Waals surface area contributed by atoms with Crippen molar-refractivity contribution >= 4 is 17.5 Å². The zero-order chi connectivity index (χ0) is 22.8. The number of anilines is 1. The van der Waals surface area contributed by atoms with E-state index in [2.05, 4.69) is 11.9 Å². The summed E-state index contributed by atoms with van der Waals surface area (Å²) < 4.78 is 43.6. The molecule has 2 N–H and O–H groups in total. The summed E-state index contributed by atoms with van der Waals surface area (Å²) >= 11 is 0. The van der Waals surface area contributed by atoms with Gasteiger partial charge in [-0.1, -0.05) is 18.7 Å². The Morgan fingerprint density at radius 3 is 2.35 bits per heavy atom. The number of aliphatic hydroxyl groups is 1. The fraction of sp³-hybridized carbons (Fsp3) is 0.238. The second-order valence-corrected chi connectivity index (χ2v) is 6.74. The Kier molecular flexibility index (Phi) is 6.05. The quantitative estimate of drug-likeness (QED) is 0.703. The minimum Gasteiger partial charge on any atom is -0.497 e. The van der Waals surface area contributed by atoms with Crippen molar-refractivity contribution in [2.75, 3.05) is 12.4 Å². The van der Waals surface area contributed by atoms with E-state index >= 15 is 0 Å². The first-order valence-corrected chi connectivity index (χ1v) is 9.07. The summed E-state index contributed by atoms with van der Waals surface area (Å²) in [5, 5.41) is 14.3. The molecule has 31 heavy (non-hydrogen) atoms. The molecule has 2 amide bonds. The van der Waals surface area contributed by atoms with Crippen LogP contribution >= 0.6 is 0 Å². The number of methoxy groups -OCH3 is 1. The SMILES string of the molecule is C=CC(=O)N1O[C@@H](C(=O)Nc2ccc(OC)cc2)CC1(O)c1ccc(C(F)(F)F)cc1. The molecule has 0 saturated carbocycles. The van der Waals surface area contributed by atoms with Crippen LogP contribution in [0, 0.1) is 0 Å². The predicted octanol–water partition coefficient (Wildman–Crippen LogP) is 3.22. The highest BCUT2D eigenvalue weighted by Crippen LogP contribution is 2.40. The maximum Gasteiger partial charge on any atom is 0.416 e. The number of nitrogens with one attached hydrogen (secondary N) is 1. The lowest BCUT2D eigenvalue weighted by molar-refractivity contribution is -0.238. The van der Waals surface area contributed by atoms with Gasteiger partial charge in [-0.2, -0.15) is 18.2 Å². The minimum atomic E-state index is -4.56. The van der Waals surface area contributed by atoms with E-state index < -0.39 is 41.8 Å². The topological polar surface area (TPSA) is 88.1 Å². The fourth-order valence-electron chi connectivity index (χ4n) is 3.11. The molecule has 7 nitrogen and oxygen atoms in total. The molecule has 10 heteroatoms. The fourth-order valence-corrected chi connectivity index (χ4v) is 3.11. The highest BCUT2D eigenvalue weighted by Gasteiger charge is 2.52. The lowest BCUT2D eigenvalue weighted by Crippen LogP contribution is -2.43. The number of hydroxylamine groups is 2. The summed E-state index contributed by atoms with van der Waals surface area (Å²) in [7, 11) is 1.49. The summed E-state index contributed by atoms with van der Waals surface area (Å²) in [6.07, 6.45) is -5.40. The van der Waals surface area contributed by atoms with Crippen LogP contribution < -0.4 is 10.1 Å². The average molecular weight is 436 g/mol. The molecule has 2 aromatic carbocycles. The van der Waals surface area contributed by atoms with Crippen LogP contribution in [0.4, 0.5) is 18.9 Å². The van der Waals surface area contributed by atoms with Crippen molar-refractivity contribution in [3.05, 3.63) is 72.3 Å². The van der Waals surface area contributed by atoms with Gasteiger partial charge >= 0.3 is 6.18 Å². The molecular formula is C21H19F3N2O5. The molecule has 3 rings (SSSR count). The van der Waals surface area contributed by atoms with Crippen molar-refractivity contribution in [2.45, 2.75) is 24.4 Å². The lowest BCUT2D eigenvalue weighted by atomic mass is 9.95. The number of ether oxygens (including phenoxy) is 1. The Labute approximate surface area is 175 Å². The molecule has 1 heterocycles. The van der Waals surface area contributed by atoms with Crippen LogP contribution in [0.15, 0.2) is 61.2 Å². The van der Waals surface area contributed by atoms with E-state index in [1.807, 2.05) is 0 Å². The molecule has 2 aromatic rings. The van der Waals surface area contributed by atoms with Crippen LogP contribution in [-0.4, -0.2) is 35.2 Å². The predicted molar refractivity (Wildman–Crippen MR) is 103 cm³/mol. The molecule has 1 unspecified atom stereocenters. The van der Waals surface area contributed by atoms with E-state index in [-0.39, 0.29) is 5.56 Å². The van der Waals surface area contributed by atoms with E-state index in [4.69, 9.17) is 9.57 Å². The first-order chi connectivity index (χ1) is 14.6. The number of carbonyl (C=O) groups excluding carboxylic acids is 2. The number of nitrogens with zero attached hydrogens (tertiary/aromatic N) is 1. The van der Waals surface area contributed by atoms with Crippen molar-refractivity contribution in [1.82, 2.24) is 5.06 Å². The van der Waals surface area contributed by atoms with Gasteiger partial charge < -0.3 is 15.2 Å². The molecule has 164 valence electrons. The summed E-state index contributed by atoms with van der Waals surface area (Å²) in [4.78, 5) is 30.2. The highest BCUT2D eigenvalue weighted by molar-refractivity contribution is 5.95. The second kappa shape index (κ2) is 8.40. The van der Waals surface area contributed by atoms with Crippen molar-refractivity contribution in [3.8, 4) is 5.75 Å².